The van der Waals surface area contributed by atoms with Crippen molar-refractivity contribution in [3.63, 3.8) is 0 Å². The molecule has 0 saturated carbocycles. The quantitative estimate of drug-likeness (QED) is 0.488. The van der Waals surface area contributed by atoms with Gasteiger partial charge in [-0.15, -0.1) is 10.2 Å². The third kappa shape index (κ3) is 6.32. The van der Waals surface area contributed by atoms with Gasteiger partial charge in [0.15, 0.2) is 11.6 Å². The van der Waals surface area contributed by atoms with E-state index >= 15 is 0 Å². The third-order valence-corrected chi connectivity index (χ3v) is 5.96. The normalized spacial score (nSPS) is 14.7. The first kappa shape index (κ1) is 25.9. The van der Waals surface area contributed by atoms with E-state index < -0.39 is 23.7 Å². The zero-order valence-corrected chi connectivity index (χ0v) is 19.8. The summed E-state index contributed by atoms with van der Waals surface area (Å²) in [5, 5.41) is 13.4. The van der Waals surface area contributed by atoms with Crippen LogP contribution in [0.2, 0.25) is 0 Å². The molecule has 1 saturated heterocycles. The number of carbonyl (C=O) groups excluding carboxylic acids is 2. The lowest BCUT2D eigenvalue weighted by atomic mass is 10.1. The maximum atomic E-state index is 13.3. The molecule has 2 heterocycles. The Morgan fingerprint density at radius 1 is 0.919 bits per heavy atom. The number of urea groups is 1. The number of alkyl halides is 3. The topological polar surface area (TPSA) is 90.5 Å². The van der Waals surface area contributed by atoms with Crippen LogP contribution in [0, 0.1) is 5.82 Å². The van der Waals surface area contributed by atoms with Crippen molar-refractivity contribution in [3.8, 4) is 0 Å². The predicted octanol–water partition coefficient (Wildman–Crippen LogP) is 4.48. The number of hydrogen-bond donors (Lipinski definition) is 2. The van der Waals surface area contributed by atoms with Crippen LogP contribution in [0.4, 0.5) is 34.0 Å². The number of amides is 3. The molecule has 3 aromatic rings. The van der Waals surface area contributed by atoms with E-state index in [-0.39, 0.29) is 36.3 Å². The maximum absolute atomic E-state index is 13.3. The Balaban J connectivity index is 1.30. The largest absolute Gasteiger partial charge is 0.417 e. The summed E-state index contributed by atoms with van der Waals surface area (Å²) in [6, 6.07) is 12.9. The highest BCUT2D eigenvalue weighted by Crippen LogP contribution is 2.32. The van der Waals surface area contributed by atoms with Crippen molar-refractivity contribution in [3.05, 3.63) is 83.2 Å². The molecule has 2 aromatic carbocycles. The summed E-state index contributed by atoms with van der Waals surface area (Å²) < 4.78 is 52.9. The molecule has 1 atom stereocenters. The van der Waals surface area contributed by atoms with Crippen LogP contribution in [0.5, 0.6) is 0 Å². The van der Waals surface area contributed by atoms with Crippen LogP contribution in [0.25, 0.3) is 0 Å². The smallest absolute Gasteiger partial charge is 0.352 e. The van der Waals surface area contributed by atoms with Crippen molar-refractivity contribution >= 4 is 23.6 Å². The number of aromatic nitrogens is 2. The van der Waals surface area contributed by atoms with Crippen molar-refractivity contribution < 1.29 is 27.2 Å². The van der Waals surface area contributed by atoms with E-state index in [1.807, 2.05) is 4.90 Å². The van der Waals surface area contributed by atoms with Crippen molar-refractivity contribution in [2.24, 2.45) is 0 Å². The second-order valence-corrected chi connectivity index (χ2v) is 8.47. The minimum absolute atomic E-state index is 0.213. The van der Waals surface area contributed by atoms with Gasteiger partial charge < -0.3 is 15.1 Å². The number of nitrogens with zero attached hydrogens (tertiary/aromatic N) is 4. The molecule has 0 radical (unpaired) electrons. The van der Waals surface area contributed by atoms with Crippen molar-refractivity contribution in [2.45, 2.75) is 19.1 Å². The van der Waals surface area contributed by atoms with E-state index in [1.54, 1.807) is 31.2 Å². The van der Waals surface area contributed by atoms with E-state index in [4.69, 9.17) is 0 Å². The van der Waals surface area contributed by atoms with Gasteiger partial charge in [-0.1, -0.05) is 24.3 Å². The number of hydrogen-bond acceptors (Lipinski definition) is 5. The number of benzene rings is 2. The Bertz CT molecular complexity index is 1240. The Morgan fingerprint density at radius 2 is 1.59 bits per heavy atom. The zero-order valence-electron chi connectivity index (χ0n) is 19.8. The highest BCUT2D eigenvalue weighted by molar-refractivity contribution is 5.96. The fourth-order valence-corrected chi connectivity index (χ4v) is 3.97. The first-order chi connectivity index (χ1) is 17.6. The van der Waals surface area contributed by atoms with Gasteiger partial charge >= 0.3 is 12.2 Å². The Morgan fingerprint density at radius 3 is 2.22 bits per heavy atom. The van der Waals surface area contributed by atoms with E-state index in [9.17, 15) is 27.2 Å². The summed E-state index contributed by atoms with van der Waals surface area (Å²) in [5.74, 6) is -0.312. The summed E-state index contributed by atoms with van der Waals surface area (Å²) in [6.07, 6.45) is -4.62. The second-order valence-electron chi connectivity index (χ2n) is 8.47. The summed E-state index contributed by atoms with van der Waals surface area (Å²) in [5.41, 5.74) is -0.587. The minimum Gasteiger partial charge on any atom is -0.352 e. The average Bonchev–Trinajstić information content (AvgIpc) is 2.88. The standard InChI is InChI=1S/C25H24F4N6O2/c1-16(17-6-8-18(26)9-7-17)30-24(37)31-21-10-11-22(33-32-21)34-12-14-35(15-13-34)23(36)19-4-2-3-5-20(19)25(27,28)29/h2-11,16H,12-15H2,1H3,(H2,30,31,32,37). The molecule has 1 aliphatic rings. The monoisotopic (exact) mass is 516 g/mol. The lowest BCUT2D eigenvalue weighted by Crippen LogP contribution is -2.49. The van der Waals surface area contributed by atoms with Crippen LogP contribution in [-0.4, -0.2) is 53.2 Å². The van der Waals surface area contributed by atoms with Crippen LogP contribution < -0.4 is 15.5 Å². The number of halogens is 4. The molecule has 37 heavy (non-hydrogen) atoms. The van der Waals surface area contributed by atoms with Gasteiger partial charge in [0.05, 0.1) is 17.2 Å². The molecule has 2 N–H and O–H groups in total. The number of anilines is 2. The fraction of sp³-hybridized carbons (Fsp3) is 0.280. The molecule has 3 amide bonds. The number of carbonyl (C=O) groups is 2. The molecule has 1 aromatic heterocycles. The zero-order chi connectivity index (χ0) is 26.6. The molecule has 0 aliphatic carbocycles. The van der Waals surface area contributed by atoms with E-state index in [2.05, 4.69) is 20.8 Å². The Kier molecular flexibility index (Phi) is 7.55. The van der Waals surface area contributed by atoms with Gasteiger partial charge in [-0.2, -0.15) is 13.2 Å². The average molecular weight is 516 g/mol. The SMILES string of the molecule is CC(NC(=O)Nc1ccc(N2CCN(C(=O)c3ccccc3C(F)(F)F)CC2)nn1)c1ccc(F)cc1. The number of nitrogens with one attached hydrogen (secondary N) is 2. The van der Waals surface area contributed by atoms with Crippen LogP contribution in [0.3, 0.4) is 0 Å². The van der Waals surface area contributed by atoms with Crippen LogP contribution in [0.15, 0.2) is 60.7 Å². The van der Waals surface area contributed by atoms with E-state index in [0.29, 0.717) is 18.9 Å². The molecular formula is C25H24F4N6O2. The highest BCUT2D eigenvalue weighted by atomic mass is 19.4. The van der Waals surface area contributed by atoms with Crippen LogP contribution >= 0.6 is 0 Å². The molecular weight excluding hydrogens is 492 g/mol. The molecule has 1 aliphatic heterocycles. The summed E-state index contributed by atoms with van der Waals surface area (Å²) in [7, 11) is 0. The van der Waals surface area contributed by atoms with Gasteiger partial charge in [-0.25, -0.2) is 9.18 Å². The first-order valence-corrected chi connectivity index (χ1v) is 11.5. The molecule has 1 unspecified atom stereocenters. The number of rotatable bonds is 5. The van der Waals surface area contributed by atoms with Crippen molar-refractivity contribution in [1.29, 1.82) is 0 Å². The molecule has 0 spiro atoms. The molecule has 194 valence electrons. The lowest BCUT2D eigenvalue weighted by Gasteiger charge is -2.35. The molecule has 12 heteroatoms. The second kappa shape index (κ2) is 10.8. The Labute approximate surface area is 210 Å². The molecule has 0 bridgehead atoms. The summed E-state index contributed by atoms with van der Waals surface area (Å²) in [4.78, 5) is 28.3. The van der Waals surface area contributed by atoms with Crippen molar-refractivity contribution in [2.75, 3.05) is 36.4 Å². The van der Waals surface area contributed by atoms with Gasteiger partial charge in [0, 0.05) is 26.2 Å². The maximum Gasteiger partial charge on any atom is 0.417 e. The van der Waals surface area contributed by atoms with Gasteiger partial charge in [0.25, 0.3) is 5.91 Å². The minimum atomic E-state index is -4.62. The number of piperazine rings is 1. The third-order valence-electron chi connectivity index (χ3n) is 5.96. The van der Waals surface area contributed by atoms with Gasteiger partial charge in [0.2, 0.25) is 0 Å². The van der Waals surface area contributed by atoms with Gasteiger partial charge in [0.1, 0.15) is 5.82 Å². The highest BCUT2D eigenvalue weighted by Gasteiger charge is 2.36. The van der Waals surface area contributed by atoms with Crippen molar-refractivity contribution in [1.82, 2.24) is 20.4 Å². The molecule has 1 fully saturated rings. The Hall–Kier alpha value is -4.22. The van der Waals surface area contributed by atoms with Gasteiger partial charge in [-0.3, -0.25) is 10.1 Å². The predicted molar refractivity (Wildman–Crippen MR) is 129 cm³/mol. The fourth-order valence-electron chi connectivity index (χ4n) is 3.97. The van der Waals surface area contributed by atoms with E-state index in [1.165, 1.54) is 35.2 Å². The molecule has 4 rings (SSSR count). The van der Waals surface area contributed by atoms with E-state index in [0.717, 1.165) is 11.6 Å². The van der Waals surface area contributed by atoms with Crippen LogP contribution in [-0.2, 0) is 6.18 Å². The first-order valence-electron chi connectivity index (χ1n) is 11.5. The van der Waals surface area contributed by atoms with Gasteiger partial charge in [-0.05, 0) is 48.9 Å². The lowest BCUT2D eigenvalue weighted by molar-refractivity contribution is -0.138. The molecule has 8 nitrogen and oxygen atoms in total. The summed E-state index contributed by atoms with van der Waals surface area (Å²) in [6.45, 7) is 2.91. The van der Waals surface area contributed by atoms with Crippen LogP contribution in [0.1, 0.15) is 34.5 Å². The summed E-state index contributed by atoms with van der Waals surface area (Å²) >= 11 is 0.